The third-order valence-electron chi connectivity index (χ3n) is 2.84. The van der Waals surface area contributed by atoms with Crippen molar-refractivity contribution in [2.75, 3.05) is 0 Å². The molecule has 2 heterocycles. The molecule has 2 aromatic heterocycles. The molecule has 1 aromatic carbocycles. The summed E-state index contributed by atoms with van der Waals surface area (Å²) in [5, 5.41) is 14.5. The molecule has 0 spiro atoms. The molecule has 0 aliphatic heterocycles. The summed E-state index contributed by atoms with van der Waals surface area (Å²) < 4.78 is 0. The highest BCUT2D eigenvalue weighted by atomic mass is 35.5. The molecule has 0 N–H and O–H groups in total. The van der Waals surface area contributed by atoms with Crippen LogP contribution in [0.1, 0.15) is 10.6 Å². The maximum Gasteiger partial charge on any atom is 0.324 e. The number of halogens is 1. The summed E-state index contributed by atoms with van der Waals surface area (Å²) in [6, 6.07) is 10.9. The molecule has 0 amide bonds. The first-order valence-electron chi connectivity index (χ1n) is 6.05. The van der Waals surface area contributed by atoms with Gasteiger partial charge in [-0.3, -0.25) is 10.1 Å². The van der Waals surface area contributed by atoms with Gasteiger partial charge in [-0.15, -0.1) is 11.3 Å². The van der Waals surface area contributed by atoms with Crippen LogP contribution in [-0.2, 0) is 6.42 Å². The molecule has 0 saturated heterocycles. The van der Waals surface area contributed by atoms with Gasteiger partial charge in [0, 0.05) is 22.9 Å². The van der Waals surface area contributed by atoms with Crippen LogP contribution in [0.3, 0.4) is 0 Å². The molecular formula is C14H9ClN2O2S2. The van der Waals surface area contributed by atoms with Crippen molar-refractivity contribution in [2.45, 2.75) is 6.42 Å². The van der Waals surface area contributed by atoms with Gasteiger partial charge in [-0.2, -0.15) is 0 Å². The molecule has 0 aliphatic carbocycles. The number of thiazole rings is 1. The van der Waals surface area contributed by atoms with Gasteiger partial charge in [-0.1, -0.05) is 35.1 Å². The first-order chi connectivity index (χ1) is 10.1. The number of nitrogens with zero attached hydrogens (tertiary/aromatic N) is 2. The highest BCUT2D eigenvalue weighted by Gasteiger charge is 2.13. The van der Waals surface area contributed by atoms with Gasteiger partial charge in [0.05, 0.1) is 20.5 Å². The normalized spacial score (nSPS) is 10.7. The SMILES string of the molecule is O=[N+]([O-])c1ccc(-c2csc(Cc3ccc(Cl)cc3)n2)s1. The molecule has 0 unspecified atom stereocenters. The summed E-state index contributed by atoms with van der Waals surface area (Å²) in [7, 11) is 0. The fourth-order valence-electron chi connectivity index (χ4n) is 1.85. The van der Waals surface area contributed by atoms with Crippen LogP contribution in [-0.4, -0.2) is 9.91 Å². The molecule has 0 atom stereocenters. The Morgan fingerprint density at radius 2 is 1.95 bits per heavy atom. The Balaban J connectivity index is 1.79. The predicted octanol–water partition coefficient (Wildman–Crippen LogP) is 5.02. The van der Waals surface area contributed by atoms with E-state index in [0.717, 1.165) is 38.9 Å². The Labute approximate surface area is 133 Å². The first kappa shape index (κ1) is 14.2. The summed E-state index contributed by atoms with van der Waals surface area (Å²) in [5.41, 5.74) is 1.93. The molecule has 3 rings (SSSR count). The van der Waals surface area contributed by atoms with Crippen LogP contribution in [0.2, 0.25) is 5.02 Å². The van der Waals surface area contributed by atoms with Crippen molar-refractivity contribution in [2.24, 2.45) is 0 Å². The monoisotopic (exact) mass is 336 g/mol. The van der Waals surface area contributed by atoms with Crippen molar-refractivity contribution in [3.8, 4) is 10.6 Å². The minimum absolute atomic E-state index is 0.136. The van der Waals surface area contributed by atoms with E-state index in [4.69, 9.17) is 11.6 Å². The maximum atomic E-state index is 10.7. The Morgan fingerprint density at radius 1 is 1.19 bits per heavy atom. The van der Waals surface area contributed by atoms with Gasteiger partial charge in [0.2, 0.25) is 0 Å². The van der Waals surface area contributed by atoms with Crippen LogP contribution in [0.15, 0.2) is 41.8 Å². The number of hydrogen-bond donors (Lipinski definition) is 0. The van der Waals surface area contributed by atoms with Crippen molar-refractivity contribution in [1.29, 1.82) is 0 Å². The van der Waals surface area contributed by atoms with Crippen molar-refractivity contribution in [3.63, 3.8) is 0 Å². The number of benzene rings is 1. The topological polar surface area (TPSA) is 56.0 Å². The van der Waals surface area contributed by atoms with Crippen molar-refractivity contribution in [3.05, 3.63) is 67.5 Å². The highest BCUT2D eigenvalue weighted by molar-refractivity contribution is 7.19. The quantitative estimate of drug-likeness (QED) is 0.496. The lowest BCUT2D eigenvalue weighted by Gasteiger charge is -1.97. The lowest BCUT2D eigenvalue weighted by molar-refractivity contribution is -0.380. The number of hydrogen-bond acceptors (Lipinski definition) is 5. The second-order valence-electron chi connectivity index (χ2n) is 4.32. The van der Waals surface area contributed by atoms with E-state index in [-0.39, 0.29) is 9.92 Å². The van der Waals surface area contributed by atoms with Crippen LogP contribution < -0.4 is 0 Å². The molecule has 4 nitrogen and oxygen atoms in total. The molecular weight excluding hydrogens is 328 g/mol. The van der Waals surface area contributed by atoms with Crippen LogP contribution in [0.25, 0.3) is 10.6 Å². The average Bonchev–Trinajstić information content (AvgIpc) is 3.10. The summed E-state index contributed by atoms with van der Waals surface area (Å²) in [5.74, 6) is 0. The lowest BCUT2D eigenvalue weighted by atomic mass is 10.2. The largest absolute Gasteiger partial charge is 0.324 e. The summed E-state index contributed by atoms with van der Waals surface area (Å²) >= 11 is 8.56. The molecule has 0 saturated carbocycles. The Morgan fingerprint density at radius 3 is 2.62 bits per heavy atom. The molecule has 0 fully saturated rings. The highest BCUT2D eigenvalue weighted by Crippen LogP contribution is 2.33. The fraction of sp³-hybridized carbons (Fsp3) is 0.0714. The van der Waals surface area contributed by atoms with Crippen LogP contribution >= 0.6 is 34.3 Å². The minimum Gasteiger partial charge on any atom is -0.258 e. The number of thiophene rings is 1. The zero-order chi connectivity index (χ0) is 14.8. The molecule has 7 heteroatoms. The summed E-state index contributed by atoms with van der Waals surface area (Å²) in [6.07, 6.45) is 0.731. The fourth-order valence-corrected chi connectivity index (χ4v) is 3.66. The zero-order valence-electron chi connectivity index (χ0n) is 10.7. The zero-order valence-corrected chi connectivity index (χ0v) is 13.0. The smallest absolute Gasteiger partial charge is 0.258 e. The average molecular weight is 337 g/mol. The van der Waals surface area contributed by atoms with Crippen LogP contribution in [0, 0.1) is 10.1 Å². The molecule has 21 heavy (non-hydrogen) atoms. The van der Waals surface area contributed by atoms with E-state index < -0.39 is 0 Å². The van der Waals surface area contributed by atoms with E-state index in [0.29, 0.717) is 5.02 Å². The molecule has 106 valence electrons. The summed E-state index contributed by atoms with van der Waals surface area (Å²) in [4.78, 5) is 15.7. The van der Waals surface area contributed by atoms with Crippen molar-refractivity contribution >= 4 is 39.3 Å². The van der Waals surface area contributed by atoms with E-state index in [1.165, 1.54) is 6.07 Å². The van der Waals surface area contributed by atoms with Gasteiger partial charge in [-0.25, -0.2) is 4.98 Å². The maximum absolute atomic E-state index is 10.7. The van der Waals surface area contributed by atoms with E-state index in [2.05, 4.69) is 4.98 Å². The second-order valence-corrected chi connectivity index (χ2v) is 6.77. The minimum atomic E-state index is -0.380. The summed E-state index contributed by atoms with van der Waals surface area (Å²) in [6.45, 7) is 0. The van der Waals surface area contributed by atoms with Gasteiger partial charge in [0.15, 0.2) is 0 Å². The van der Waals surface area contributed by atoms with E-state index in [1.54, 1.807) is 17.4 Å². The van der Waals surface area contributed by atoms with Crippen LogP contribution in [0.4, 0.5) is 5.00 Å². The van der Waals surface area contributed by atoms with E-state index >= 15 is 0 Å². The van der Waals surface area contributed by atoms with Gasteiger partial charge in [0.1, 0.15) is 0 Å². The van der Waals surface area contributed by atoms with Crippen molar-refractivity contribution in [1.82, 2.24) is 4.98 Å². The Kier molecular flexibility index (Phi) is 4.01. The predicted molar refractivity (Wildman–Crippen MR) is 86.3 cm³/mol. The van der Waals surface area contributed by atoms with Gasteiger partial charge >= 0.3 is 5.00 Å². The number of aromatic nitrogens is 1. The molecule has 0 bridgehead atoms. The van der Waals surface area contributed by atoms with Gasteiger partial charge in [-0.05, 0) is 23.8 Å². The van der Waals surface area contributed by atoms with Crippen LogP contribution in [0.5, 0.6) is 0 Å². The Bertz CT molecular complexity index is 780. The lowest BCUT2D eigenvalue weighted by Crippen LogP contribution is -1.86. The molecule has 3 aromatic rings. The third kappa shape index (κ3) is 3.29. The Hall–Kier alpha value is -1.76. The van der Waals surface area contributed by atoms with Crippen molar-refractivity contribution < 1.29 is 4.92 Å². The number of rotatable bonds is 4. The van der Waals surface area contributed by atoms with E-state index in [1.807, 2.05) is 29.6 Å². The first-order valence-corrected chi connectivity index (χ1v) is 8.12. The molecule has 0 aliphatic rings. The second kappa shape index (κ2) is 5.93. The molecule has 0 radical (unpaired) electrons. The van der Waals surface area contributed by atoms with Gasteiger partial charge in [0.25, 0.3) is 0 Å². The van der Waals surface area contributed by atoms with Gasteiger partial charge < -0.3 is 0 Å². The number of nitro groups is 1. The third-order valence-corrected chi connectivity index (χ3v) is 5.00. The standard InChI is InChI=1S/C14H9ClN2O2S2/c15-10-3-1-9(2-4-10)7-13-16-11(8-20-13)12-5-6-14(21-12)17(18)19/h1-6,8H,7H2. The van der Waals surface area contributed by atoms with E-state index in [9.17, 15) is 10.1 Å².